The first-order valence-corrected chi connectivity index (χ1v) is 10.1. The molecule has 5 nitrogen and oxygen atoms in total. The van der Waals surface area contributed by atoms with Gasteiger partial charge >= 0.3 is 6.03 Å². The number of carbonyl (C=O) groups excluding carboxylic acids is 1. The molecule has 3 aromatic carbocycles. The number of hydrogen-bond donors (Lipinski definition) is 2. The highest BCUT2D eigenvalue weighted by Gasteiger charge is 2.39. The highest BCUT2D eigenvalue weighted by Crippen LogP contribution is 2.41. The average molecular weight is 397 g/mol. The molecule has 3 atom stereocenters. The molecule has 0 radical (unpaired) electrons. The third-order valence-electron chi connectivity index (χ3n) is 5.84. The van der Waals surface area contributed by atoms with Gasteiger partial charge in [-0.2, -0.15) is 0 Å². The number of methoxy groups -OCH3 is 1. The Balaban J connectivity index is 1.67. The molecule has 0 bridgehead atoms. The maximum atomic E-state index is 12.7. The minimum absolute atomic E-state index is 0.0570. The molecule has 1 aromatic heterocycles. The van der Waals surface area contributed by atoms with E-state index in [-0.39, 0.29) is 24.2 Å². The van der Waals surface area contributed by atoms with E-state index in [4.69, 9.17) is 4.74 Å². The lowest BCUT2D eigenvalue weighted by Crippen LogP contribution is -2.52. The van der Waals surface area contributed by atoms with Crippen LogP contribution in [0.5, 0.6) is 5.75 Å². The van der Waals surface area contributed by atoms with Crippen LogP contribution in [0.3, 0.4) is 0 Å². The summed E-state index contributed by atoms with van der Waals surface area (Å²) in [5.41, 5.74) is 3.25. The molecule has 2 heterocycles. The zero-order valence-electron chi connectivity index (χ0n) is 16.7. The van der Waals surface area contributed by atoms with Crippen LogP contribution < -0.4 is 15.4 Å². The number of rotatable bonds is 4. The van der Waals surface area contributed by atoms with Crippen molar-refractivity contribution in [3.8, 4) is 5.75 Å². The Bertz CT molecular complexity index is 1170. The SMILES string of the molecule is COc1ccc(C2NC(=O)NC(c3ccccc3)C2n2ccc3ccccc32)cc1. The Morgan fingerprint density at radius 2 is 1.40 bits per heavy atom. The summed E-state index contributed by atoms with van der Waals surface area (Å²) in [6.07, 6.45) is 2.11. The van der Waals surface area contributed by atoms with Crippen molar-refractivity contribution in [2.24, 2.45) is 0 Å². The zero-order valence-corrected chi connectivity index (χ0v) is 16.7. The number of amides is 2. The van der Waals surface area contributed by atoms with Crippen LogP contribution in [0.4, 0.5) is 4.79 Å². The predicted molar refractivity (Wildman–Crippen MR) is 118 cm³/mol. The van der Waals surface area contributed by atoms with Gasteiger partial charge in [0.2, 0.25) is 0 Å². The van der Waals surface area contributed by atoms with Crippen molar-refractivity contribution >= 4 is 16.9 Å². The molecule has 1 fully saturated rings. The van der Waals surface area contributed by atoms with Crippen LogP contribution in [-0.2, 0) is 0 Å². The van der Waals surface area contributed by atoms with Gasteiger partial charge in [-0.25, -0.2) is 4.79 Å². The summed E-state index contributed by atoms with van der Waals surface area (Å²) in [6, 6.07) is 27.9. The standard InChI is InChI=1S/C25H23N3O2/c1-30-20-13-11-19(12-14-20)23-24(28-16-15-17-7-5-6-10-21(17)28)22(26-25(29)27-23)18-8-3-2-4-9-18/h2-16,22-24H,1H3,(H2,26,27,29). The monoisotopic (exact) mass is 397 g/mol. The molecule has 0 aliphatic carbocycles. The molecule has 5 heteroatoms. The fraction of sp³-hybridized carbons (Fsp3) is 0.160. The Labute approximate surface area is 175 Å². The molecule has 150 valence electrons. The van der Waals surface area contributed by atoms with E-state index in [0.29, 0.717) is 0 Å². The fourth-order valence-corrected chi connectivity index (χ4v) is 4.41. The van der Waals surface area contributed by atoms with Crippen LogP contribution in [0, 0.1) is 0 Å². The van der Waals surface area contributed by atoms with E-state index >= 15 is 0 Å². The molecule has 1 aliphatic heterocycles. The van der Waals surface area contributed by atoms with Crippen molar-refractivity contribution in [3.05, 3.63) is 102 Å². The first kappa shape index (κ1) is 18.3. The lowest BCUT2D eigenvalue weighted by molar-refractivity contribution is 0.193. The lowest BCUT2D eigenvalue weighted by Gasteiger charge is -2.41. The maximum Gasteiger partial charge on any atom is 0.315 e. The second-order valence-electron chi connectivity index (χ2n) is 7.53. The van der Waals surface area contributed by atoms with Crippen LogP contribution in [0.2, 0.25) is 0 Å². The Morgan fingerprint density at radius 1 is 0.767 bits per heavy atom. The number of aromatic nitrogens is 1. The zero-order chi connectivity index (χ0) is 20.5. The second-order valence-corrected chi connectivity index (χ2v) is 7.53. The summed E-state index contributed by atoms with van der Waals surface area (Å²) in [7, 11) is 1.65. The van der Waals surface area contributed by atoms with Crippen LogP contribution in [0.25, 0.3) is 10.9 Å². The number of carbonyl (C=O) groups is 1. The molecule has 4 aromatic rings. The van der Waals surface area contributed by atoms with E-state index in [0.717, 1.165) is 22.4 Å². The number of ether oxygens (including phenoxy) is 1. The molecule has 1 aliphatic rings. The van der Waals surface area contributed by atoms with E-state index in [1.54, 1.807) is 7.11 Å². The number of nitrogens with zero attached hydrogens (tertiary/aromatic N) is 1. The second kappa shape index (κ2) is 7.59. The van der Waals surface area contributed by atoms with Crippen LogP contribution >= 0.6 is 0 Å². The molecule has 5 rings (SSSR count). The number of hydrogen-bond acceptors (Lipinski definition) is 2. The minimum atomic E-state index is -0.203. The van der Waals surface area contributed by atoms with E-state index in [9.17, 15) is 4.79 Å². The molecule has 0 spiro atoms. The van der Waals surface area contributed by atoms with E-state index in [2.05, 4.69) is 51.7 Å². The van der Waals surface area contributed by atoms with Crippen molar-refractivity contribution in [1.29, 1.82) is 0 Å². The van der Waals surface area contributed by atoms with Crippen LogP contribution in [-0.4, -0.2) is 17.7 Å². The number of benzene rings is 3. The Hall–Kier alpha value is -3.73. The van der Waals surface area contributed by atoms with Crippen LogP contribution in [0.15, 0.2) is 91.1 Å². The quantitative estimate of drug-likeness (QED) is 0.510. The first-order chi connectivity index (χ1) is 14.7. The topological polar surface area (TPSA) is 55.3 Å². The largest absolute Gasteiger partial charge is 0.497 e. The predicted octanol–water partition coefficient (Wildman–Crippen LogP) is 4.99. The van der Waals surface area contributed by atoms with Gasteiger partial charge in [-0.15, -0.1) is 0 Å². The van der Waals surface area contributed by atoms with Crippen LogP contribution in [0.1, 0.15) is 29.3 Å². The van der Waals surface area contributed by atoms with Gasteiger partial charge in [0, 0.05) is 11.7 Å². The Morgan fingerprint density at radius 3 is 2.10 bits per heavy atom. The summed E-state index contributed by atoms with van der Waals surface area (Å²) < 4.78 is 7.59. The number of nitrogens with one attached hydrogen (secondary N) is 2. The van der Waals surface area contributed by atoms with Gasteiger partial charge in [-0.05, 0) is 40.8 Å². The van der Waals surface area contributed by atoms with E-state index in [1.165, 1.54) is 5.39 Å². The van der Waals surface area contributed by atoms with Gasteiger partial charge in [-0.3, -0.25) is 0 Å². The molecular formula is C25H23N3O2. The first-order valence-electron chi connectivity index (χ1n) is 10.1. The highest BCUT2D eigenvalue weighted by atomic mass is 16.5. The summed E-state index contributed by atoms with van der Waals surface area (Å²) in [5, 5.41) is 7.50. The van der Waals surface area contributed by atoms with Gasteiger partial charge in [-0.1, -0.05) is 60.7 Å². The molecule has 30 heavy (non-hydrogen) atoms. The van der Waals surface area contributed by atoms with E-state index < -0.39 is 0 Å². The molecule has 2 N–H and O–H groups in total. The molecule has 1 saturated heterocycles. The number of urea groups is 1. The third kappa shape index (κ3) is 3.18. The number of fused-ring (bicyclic) bond motifs is 1. The smallest absolute Gasteiger partial charge is 0.315 e. The Kier molecular flexibility index (Phi) is 4.64. The van der Waals surface area contributed by atoms with Crippen molar-refractivity contribution in [1.82, 2.24) is 15.2 Å². The van der Waals surface area contributed by atoms with Gasteiger partial charge in [0.25, 0.3) is 0 Å². The van der Waals surface area contributed by atoms with Gasteiger partial charge in [0.05, 0.1) is 25.2 Å². The summed E-state index contributed by atoms with van der Waals surface area (Å²) in [4.78, 5) is 12.7. The van der Waals surface area contributed by atoms with Crippen molar-refractivity contribution in [3.63, 3.8) is 0 Å². The normalized spacial score (nSPS) is 21.1. The summed E-state index contributed by atoms with van der Waals surface area (Å²) in [6.45, 7) is 0. The highest BCUT2D eigenvalue weighted by molar-refractivity contribution is 5.81. The lowest BCUT2D eigenvalue weighted by atomic mass is 9.87. The number of para-hydroxylation sites is 1. The van der Waals surface area contributed by atoms with Crippen molar-refractivity contribution in [2.75, 3.05) is 7.11 Å². The average Bonchev–Trinajstić information content (AvgIpc) is 3.23. The molecule has 3 unspecified atom stereocenters. The maximum absolute atomic E-state index is 12.7. The van der Waals surface area contributed by atoms with Gasteiger partial charge in [0.1, 0.15) is 5.75 Å². The van der Waals surface area contributed by atoms with Crippen molar-refractivity contribution < 1.29 is 9.53 Å². The van der Waals surface area contributed by atoms with Gasteiger partial charge in [0.15, 0.2) is 0 Å². The third-order valence-corrected chi connectivity index (χ3v) is 5.84. The van der Waals surface area contributed by atoms with E-state index in [1.807, 2.05) is 54.6 Å². The summed E-state index contributed by atoms with van der Waals surface area (Å²) in [5.74, 6) is 0.793. The minimum Gasteiger partial charge on any atom is -0.497 e. The molecule has 0 saturated carbocycles. The fourth-order valence-electron chi connectivity index (χ4n) is 4.41. The van der Waals surface area contributed by atoms with Gasteiger partial charge < -0.3 is 19.9 Å². The van der Waals surface area contributed by atoms with Crippen molar-refractivity contribution in [2.45, 2.75) is 18.1 Å². The summed E-state index contributed by atoms with van der Waals surface area (Å²) >= 11 is 0. The molecule has 2 amide bonds. The molecular weight excluding hydrogens is 374 g/mol.